The van der Waals surface area contributed by atoms with Crippen LogP contribution < -0.4 is 5.32 Å². The molecule has 3 nitrogen and oxygen atoms in total. The van der Waals surface area contributed by atoms with Crippen LogP contribution in [0.15, 0.2) is 46.7 Å². The summed E-state index contributed by atoms with van der Waals surface area (Å²) in [6.07, 6.45) is 0. The van der Waals surface area contributed by atoms with Crippen molar-refractivity contribution < 1.29 is 4.79 Å². The van der Waals surface area contributed by atoms with E-state index in [4.69, 9.17) is 0 Å². The average molecular weight is 397 g/mol. The second kappa shape index (κ2) is 8.28. The van der Waals surface area contributed by atoms with E-state index in [1.165, 1.54) is 32.9 Å². The lowest BCUT2D eigenvalue weighted by Gasteiger charge is -2.09. The number of nitrogens with zero attached hydrogens (tertiary/aromatic N) is 1. The van der Waals surface area contributed by atoms with Crippen molar-refractivity contribution in [2.75, 3.05) is 5.32 Å². The molecule has 0 atom stereocenters. The van der Waals surface area contributed by atoms with Gasteiger partial charge in [0.1, 0.15) is 0 Å². The van der Waals surface area contributed by atoms with Gasteiger partial charge in [0, 0.05) is 26.7 Å². The van der Waals surface area contributed by atoms with Gasteiger partial charge in [0.05, 0.1) is 5.69 Å². The second-order valence-electron chi connectivity index (χ2n) is 6.96. The summed E-state index contributed by atoms with van der Waals surface area (Å²) in [6.45, 7) is 10.6. The van der Waals surface area contributed by atoms with Gasteiger partial charge in [0.2, 0.25) is 0 Å². The third-order valence-electron chi connectivity index (χ3n) is 4.15. The lowest BCUT2D eigenvalue weighted by molar-refractivity contribution is 0.102. The van der Waals surface area contributed by atoms with E-state index in [9.17, 15) is 4.79 Å². The summed E-state index contributed by atoms with van der Waals surface area (Å²) in [5.74, 6) is -0.130. The highest BCUT2D eigenvalue weighted by molar-refractivity contribution is 7.99. The molecule has 0 unspecified atom stereocenters. The van der Waals surface area contributed by atoms with E-state index in [1.807, 2.05) is 29.6 Å². The largest absolute Gasteiger partial charge is 0.298 e. The number of nitrogens with one attached hydrogen (secondary N) is 1. The Morgan fingerprint density at radius 3 is 2.30 bits per heavy atom. The second-order valence-corrected chi connectivity index (χ2v) is 9.46. The summed E-state index contributed by atoms with van der Waals surface area (Å²) < 4.78 is 0. The lowest BCUT2D eigenvalue weighted by Crippen LogP contribution is -2.11. The number of carbonyl (C=O) groups is 1. The van der Waals surface area contributed by atoms with Gasteiger partial charge in [0.15, 0.2) is 5.13 Å². The molecule has 0 saturated carbocycles. The Kier molecular flexibility index (Phi) is 6.02. The highest BCUT2D eigenvalue weighted by Crippen LogP contribution is 2.31. The predicted molar refractivity (Wildman–Crippen MR) is 117 cm³/mol. The van der Waals surface area contributed by atoms with Gasteiger partial charge in [-0.1, -0.05) is 31.5 Å². The number of aryl methyl sites for hydroxylation is 3. The Morgan fingerprint density at radius 2 is 1.70 bits per heavy atom. The molecular weight excluding hydrogens is 372 g/mol. The fourth-order valence-electron chi connectivity index (χ4n) is 3.16. The van der Waals surface area contributed by atoms with Crippen molar-refractivity contribution in [2.24, 2.45) is 0 Å². The monoisotopic (exact) mass is 396 g/mol. The van der Waals surface area contributed by atoms with Gasteiger partial charge in [-0.05, 0) is 56.2 Å². The number of rotatable bonds is 5. The number of aromatic nitrogens is 1. The standard InChI is InChI=1S/C22H24N2OS2/c1-13(2)27-18-8-6-17(7-9-18)21(25)24-22-23-19(12-26-22)20-15(4)10-14(3)11-16(20)5/h6-13H,1-5H3,(H,23,24,25). The number of thiazole rings is 1. The first-order chi connectivity index (χ1) is 12.8. The maximum absolute atomic E-state index is 12.5. The van der Waals surface area contributed by atoms with E-state index in [2.05, 4.69) is 57.1 Å². The van der Waals surface area contributed by atoms with Crippen LogP contribution in [0.3, 0.4) is 0 Å². The number of hydrogen-bond donors (Lipinski definition) is 1. The highest BCUT2D eigenvalue weighted by atomic mass is 32.2. The minimum absolute atomic E-state index is 0.130. The summed E-state index contributed by atoms with van der Waals surface area (Å²) in [7, 11) is 0. The number of hydrogen-bond acceptors (Lipinski definition) is 4. The molecule has 5 heteroatoms. The quantitative estimate of drug-likeness (QED) is 0.501. The van der Waals surface area contributed by atoms with Crippen molar-refractivity contribution in [3.63, 3.8) is 0 Å². The van der Waals surface area contributed by atoms with Crippen LogP contribution in [0.25, 0.3) is 11.3 Å². The molecule has 0 spiro atoms. The molecule has 0 aliphatic carbocycles. The van der Waals surface area contributed by atoms with Crippen LogP contribution in [0.1, 0.15) is 40.9 Å². The maximum Gasteiger partial charge on any atom is 0.257 e. The Labute approximate surface area is 169 Å². The average Bonchev–Trinajstić information content (AvgIpc) is 3.02. The summed E-state index contributed by atoms with van der Waals surface area (Å²) in [6, 6.07) is 12.0. The van der Waals surface area contributed by atoms with Crippen molar-refractivity contribution >= 4 is 34.1 Å². The predicted octanol–water partition coefficient (Wildman–Crippen LogP) is 6.49. The first-order valence-electron chi connectivity index (χ1n) is 8.95. The molecule has 3 aromatic rings. The smallest absolute Gasteiger partial charge is 0.257 e. The normalized spacial score (nSPS) is 11.0. The number of anilines is 1. The fourth-order valence-corrected chi connectivity index (χ4v) is 4.69. The minimum atomic E-state index is -0.130. The van der Waals surface area contributed by atoms with E-state index in [0.29, 0.717) is 15.9 Å². The van der Waals surface area contributed by atoms with Crippen LogP contribution in [0, 0.1) is 20.8 Å². The zero-order valence-electron chi connectivity index (χ0n) is 16.3. The first kappa shape index (κ1) is 19.6. The van der Waals surface area contributed by atoms with Crippen LogP contribution in [0.2, 0.25) is 0 Å². The summed E-state index contributed by atoms with van der Waals surface area (Å²) in [5, 5.41) is 6.06. The van der Waals surface area contributed by atoms with Gasteiger partial charge in [0.25, 0.3) is 5.91 Å². The molecule has 3 rings (SSSR count). The zero-order valence-corrected chi connectivity index (χ0v) is 17.9. The summed E-state index contributed by atoms with van der Waals surface area (Å²) in [5.41, 5.74) is 6.35. The molecule has 1 N–H and O–H groups in total. The molecule has 0 radical (unpaired) electrons. The SMILES string of the molecule is Cc1cc(C)c(-c2csc(NC(=O)c3ccc(SC(C)C)cc3)n2)c(C)c1. The molecule has 0 aliphatic heterocycles. The molecule has 1 aromatic heterocycles. The van der Waals surface area contributed by atoms with Crippen molar-refractivity contribution in [2.45, 2.75) is 44.8 Å². The van der Waals surface area contributed by atoms with E-state index in [0.717, 1.165) is 11.3 Å². The van der Waals surface area contributed by atoms with Gasteiger partial charge < -0.3 is 0 Å². The summed E-state index contributed by atoms with van der Waals surface area (Å²) >= 11 is 3.24. The van der Waals surface area contributed by atoms with Gasteiger partial charge in [-0.15, -0.1) is 23.1 Å². The molecule has 2 aromatic carbocycles. The van der Waals surface area contributed by atoms with Crippen molar-refractivity contribution in [3.05, 3.63) is 64.0 Å². The van der Waals surface area contributed by atoms with E-state index in [-0.39, 0.29) is 5.91 Å². The number of thioether (sulfide) groups is 1. The van der Waals surface area contributed by atoms with Gasteiger partial charge in [-0.25, -0.2) is 4.98 Å². The number of carbonyl (C=O) groups excluding carboxylic acids is 1. The third kappa shape index (κ3) is 4.79. The third-order valence-corrected chi connectivity index (χ3v) is 5.92. The molecule has 0 bridgehead atoms. The van der Waals surface area contributed by atoms with Crippen LogP contribution in [0.5, 0.6) is 0 Å². The molecule has 1 amide bonds. The van der Waals surface area contributed by atoms with Crippen LogP contribution >= 0.6 is 23.1 Å². The van der Waals surface area contributed by atoms with Crippen molar-refractivity contribution in [1.82, 2.24) is 4.98 Å². The van der Waals surface area contributed by atoms with Gasteiger partial charge in [-0.3, -0.25) is 10.1 Å². The number of benzene rings is 2. The molecule has 0 saturated heterocycles. The first-order valence-corrected chi connectivity index (χ1v) is 10.7. The highest BCUT2D eigenvalue weighted by Gasteiger charge is 2.13. The Morgan fingerprint density at radius 1 is 1.07 bits per heavy atom. The van der Waals surface area contributed by atoms with Crippen LogP contribution in [-0.4, -0.2) is 16.1 Å². The molecular formula is C22H24N2OS2. The number of amides is 1. The minimum Gasteiger partial charge on any atom is -0.298 e. The van der Waals surface area contributed by atoms with Crippen molar-refractivity contribution in [3.8, 4) is 11.3 Å². The maximum atomic E-state index is 12.5. The van der Waals surface area contributed by atoms with E-state index >= 15 is 0 Å². The molecule has 0 aliphatic rings. The van der Waals surface area contributed by atoms with Crippen molar-refractivity contribution in [1.29, 1.82) is 0 Å². The molecule has 27 heavy (non-hydrogen) atoms. The summed E-state index contributed by atoms with van der Waals surface area (Å²) in [4.78, 5) is 18.3. The lowest BCUT2D eigenvalue weighted by atomic mass is 9.98. The zero-order chi connectivity index (χ0) is 19.6. The molecule has 140 valence electrons. The van der Waals surface area contributed by atoms with E-state index < -0.39 is 0 Å². The van der Waals surface area contributed by atoms with Crippen LogP contribution in [-0.2, 0) is 0 Å². The molecule has 1 heterocycles. The van der Waals surface area contributed by atoms with Crippen LogP contribution in [0.4, 0.5) is 5.13 Å². The molecule has 0 fully saturated rings. The Balaban J connectivity index is 1.75. The van der Waals surface area contributed by atoms with E-state index in [1.54, 1.807) is 11.8 Å². The van der Waals surface area contributed by atoms with Gasteiger partial charge >= 0.3 is 0 Å². The Bertz CT molecular complexity index is 936. The Hall–Kier alpha value is -2.11. The van der Waals surface area contributed by atoms with Gasteiger partial charge in [-0.2, -0.15) is 0 Å². The fraction of sp³-hybridized carbons (Fsp3) is 0.273. The topological polar surface area (TPSA) is 42.0 Å².